The zero-order chi connectivity index (χ0) is 14.2. The van der Waals surface area contributed by atoms with Gasteiger partial charge in [0.25, 0.3) is 0 Å². The molecule has 8 N–H and O–H groups in total. The molecule has 0 heterocycles. The Kier molecular flexibility index (Phi) is 25.9. The van der Waals surface area contributed by atoms with Crippen LogP contribution in [0.25, 0.3) is 0 Å². The van der Waals surface area contributed by atoms with E-state index < -0.39 is 41.4 Å². The molecule has 0 saturated carbocycles. The molecular weight excluding hydrogens is 398 g/mol. The summed E-state index contributed by atoms with van der Waals surface area (Å²) < 4.78 is 31.6. The van der Waals surface area contributed by atoms with E-state index in [9.17, 15) is 4.79 Å². The minimum absolute atomic E-state index is 0. The van der Waals surface area contributed by atoms with Crippen LogP contribution in [0.1, 0.15) is 0 Å². The smallest absolute Gasteiger partial charge is 1.00 e. The van der Waals surface area contributed by atoms with Crippen LogP contribution in [0.15, 0.2) is 0 Å². The first-order valence-electron chi connectivity index (χ1n) is 4.10. The van der Waals surface area contributed by atoms with E-state index in [1.165, 1.54) is 0 Å². The first kappa shape index (κ1) is 32.5. The molecule has 0 amide bonds. The minimum atomic E-state index is -4.67. The fourth-order valence-electron chi connectivity index (χ4n) is 0.644. The van der Waals surface area contributed by atoms with Crippen molar-refractivity contribution in [2.24, 2.45) is 5.73 Å². The molecule has 0 rings (SSSR count). The third kappa shape index (κ3) is 20.9. The molecule has 10 nitrogen and oxygen atoms in total. The van der Waals surface area contributed by atoms with Crippen LogP contribution in [0.3, 0.4) is 0 Å². The van der Waals surface area contributed by atoms with Gasteiger partial charge in [-0.15, -0.1) is 0 Å². The molecule has 0 radical (unpaired) electrons. The van der Waals surface area contributed by atoms with Crippen LogP contribution in [0.5, 0.6) is 0 Å². The summed E-state index contributed by atoms with van der Waals surface area (Å²) >= 11 is 0. The molecule has 0 aliphatic heterocycles. The average molecular weight is 414 g/mol. The molecule has 0 bridgehead atoms. The van der Waals surface area contributed by atoms with Crippen molar-refractivity contribution in [1.82, 2.24) is 0 Å². The van der Waals surface area contributed by atoms with Crippen LogP contribution in [0.4, 0.5) is 0 Å². The summed E-state index contributed by atoms with van der Waals surface area (Å²) in [4.78, 5) is 10.0. The first-order chi connectivity index (χ1) is 7.54. The summed E-state index contributed by atoms with van der Waals surface area (Å²) in [5.74, 6) is 0. The molecule has 120 valence electrons. The molecule has 0 fully saturated rings. The van der Waals surface area contributed by atoms with Gasteiger partial charge < -0.3 is 55.8 Å². The van der Waals surface area contributed by atoms with Crippen molar-refractivity contribution in [3.8, 4) is 0 Å². The Morgan fingerprint density at radius 1 is 1.05 bits per heavy atom. The quantitative estimate of drug-likeness (QED) is 0.129. The van der Waals surface area contributed by atoms with Gasteiger partial charge in [0, 0.05) is 0 Å². The average Bonchev–Trinajstić information content (AvgIpc) is 2.22. The summed E-state index contributed by atoms with van der Waals surface area (Å²) in [6.45, 7) is -0.705. The minimum Gasteiger partial charge on any atom is -1.00 e. The maximum absolute atomic E-state index is 10.0. The number of hydrogen-bond donors (Lipinski definition) is 7. The molecule has 14 heteroatoms. The van der Waals surface area contributed by atoms with Gasteiger partial charge in [-0.05, 0) is 0 Å². The Balaban J connectivity index is -0.0000000821. The van der Waals surface area contributed by atoms with Gasteiger partial charge in [0.15, 0.2) is 0 Å². The standard InChI is InChI=1S/C6H13NO5.2ClH.H2O4S.Zn/c7-3(1-8)5(11)6(12)4(10)2-9;;;1-5(2,3)4;/h1,3-6,9-12H,2,7H2;2*1H;(H2,1,2,3,4);/q;;;;+2/p-2/t3-,4+,5+,6+;;;;/m0..../s1. The predicted octanol–water partition coefficient (Wildman–Crippen LogP) is -10.1. The van der Waals surface area contributed by atoms with E-state index in [0.29, 0.717) is 0 Å². The molecule has 0 spiro atoms. The van der Waals surface area contributed by atoms with E-state index in [1.54, 1.807) is 0 Å². The Bertz CT molecular complexity index is 312. The van der Waals surface area contributed by atoms with Gasteiger partial charge in [-0.3, -0.25) is 9.11 Å². The summed E-state index contributed by atoms with van der Waals surface area (Å²) in [5.41, 5.74) is 5.04. The number of nitrogens with two attached hydrogens (primary N) is 1. The van der Waals surface area contributed by atoms with Gasteiger partial charge in [0.1, 0.15) is 24.6 Å². The first-order valence-corrected chi connectivity index (χ1v) is 5.50. The monoisotopic (exact) mass is 411 g/mol. The van der Waals surface area contributed by atoms with Crippen molar-refractivity contribution in [1.29, 1.82) is 0 Å². The Morgan fingerprint density at radius 3 is 1.55 bits per heavy atom. The molecular formula is C6H15Cl2NO9SZn. The number of aldehydes is 1. The summed E-state index contributed by atoms with van der Waals surface area (Å²) in [6.07, 6.45) is -4.43. The van der Waals surface area contributed by atoms with Crippen LogP contribution in [-0.2, 0) is 34.7 Å². The van der Waals surface area contributed by atoms with E-state index in [1.807, 2.05) is 0 Å². The zero-order valence-electron chi connectivity index (χ0n) is 9.95. The number of carbonyl (C=O) groups is 1. The molecule has 0 aromatic heterocycles. The molecule has 4 atom stereocenters. The van der Waals surface area contributed by atoms with Crippen molar-refractivity contribution in [3.63, 3.8) is 0 Å². The molecule has 0 saturated heterocycles. The van der Waals surface area contributed by atoms with Gasteiger partial charge in [-0.25, -0.2) is 0 Å². The number of rotatable bonds is 5. The molecule has 20 heavy (non-hydrogen) atoms. The summed E-state index contributed by atoms with van der Waals surface area (Å²) in [7, 11) is -4.67. The maximum atomic E-state index is 10.0. The largest absolute Gasteiger partial charge is 2.00 e. The fourth-order valence-corrected chi connectivity index (χ4v) is 0.644. The Morgan fingerprint density at radius 2 is 1.35 bits per heavy atom. The second-order valence-corrected chi connectivity index (χ2v) is 3.79. The second kappa shape index (κ2) is 15.9. The van der Waals surface area contributed by atoms with Gasteiger partial charge >= 0.3 is 29.9 Å². The van der Waals surface area contributed by atoms with Crippen LogP contribution < -0.4 is 30.5 Å². The normalized spacial score (nSPS) is 15.6. The van der Waals surface area contributed by atoms with E-state index in [0.717, 1.165) is 0 Å². The van der Waals surface area contributed by atoms with Crippen LogP contribution in [0, 0.1) is 0 Å². The fraction of sp³-hybridized carbons (Fsp3) is 0.833. The topological polar surface area (TPSA) is 199 Å². The Labute approximate surface area is 140 Å². The van der Waals surface area contributed by atoms with Gasteiger partial charge in [-0.2, -0.15) is 8.42 Å². The van der Waals surface area contributed by atoms with Crippen LogP contribution in [0.2, 0.25) is 0 Å². The third-order valence-corrected chi connectivity index (χ3v) is 1.48. The molecule has 0 aliphatic rings. The number of aliphatic hydroxyl groups is 4. The Hall–Kier alpha value is 0.543. The number of hydrogen-bond acceptors (Lipinski definition) is 8. The van der Waals surface area contributed by atoms with Gasteiger partial charge in [0.2, 0.25) is 0 Å². The molecule has 0 aliphatic carbocycles. The zero-order valence-corrected chi connectivity index (χ0v) is 15.2. The van der Waals surface area contributed by atoms with E-state index in [-0.39, 0.29) is 50.6 Å². The maximum Gasteiger partial charge on any atom is 2.00 e. The third-order valence-electron chi connectivity index (χ3n) is 1.48. The van der Waals surface area contributed by atoms with Crippen molar-refractivity contribution < 1.29 is 87.0 Å². The van der Waals surface area contributed by atoms with Crippen molar-refractivity contribution in [3.05, 3.63) is 0 Å². The summed E-state index contributed by atoms with van der Waals surface area (Å²) in [6, 6.07) is -1.26. The predicted molar refractivity (Wildman–Crippen MR) is 53.3 cm³/mol. The van der Waals surface area contributed by atoms with E-state index in [4.69, 9.17) is 43.7 Å². The van der Waals surface area contributed by atoms with Crippen molar-refractivity contribution in [2.75, 3.05) is 6.61 Å². The SMILES string of the molecule is N[C@@H](C=O)[C@@H](O)[C@H](O)[C@H](O)CO.O=S(=O)(O)O.[Cl-].[Cl-].[Zn+2]. The van der Waals surface area contributed by atoms with E-state index >= 15 is 0 Å². The van der Waals surface area contributed by atoms with Gasteiger partial charge in [0.05, 0.1) is 12.6 Å². The number of aliphatic hydroxyl groups excluding tert-OH is 4. The second-order valence-electron chi connectivity index (χ2n) is 2.89. The van der Waals surface area contributed by atoms with Crippen molar-refractivity contribution in [2.45, 2.75) is 24.4 Å². The number of halogens is 2. The van der Waals surface area contributed by atoms with Crippen LogP contribution in [-0.4, -0.2) is 75.2 Å². The molecule has 0 unspecified atom stereocenters. The van der Waals surface area contributed by atoms with Crippen LogP contribution >= 0.6 is 0 Å². The van der Waals surface area contributed by atoms with E-state index in [2.05, 4.69) is 0 Å². The van der Waals surface area contributed by atoms with Crippen molar-refractivity contribution >= 4 is 16.7 Å². The summed E-state index contributed by atoms with van der Waals surface area (Å²) in [5, 5.41) is 35.2. The molecule has 0 aromatic carbocycles. The molecule has 0 aromatic rings. The number of carbonyl (C=O) groups excluding carboxylic acids is 1. The van der Waals surface area contributed by atoms with Gasteiger partial charge in [-0.1, -0.05) is 0 Å².